The van der Waals surface area contributed by atoms with Gasteiger partial charge in [0, 0.05) is 13.1 Å². The van der Waals surface area contributed by atoms with Gasteiger partial charge in [0.1, 0.15) is 6.07 Å². The molecule has 2 unspecified atom stereocenters. The molecule has 2 aliphatic rings. The molecule has 0 aromatic heterocycles. The highest BCUT2D eigenvalue weighted by atomic mass is 16.5. The highest BCUT2D eigenvalue weighted by Crippen LogP contribution is 2.31. The Hall–Kier alpha value is -2.06. The van der Waals surface area contributed by atoms with Crippen molar-refractivity contribution < 1.29 is 14.6 Å². The molecule has 2 atom stereocenters. The molecule has 0 aliphatic carbocycles. The molecular weight excluding hydrogens is 244 g/mol. The fourth-order valence-corrected chi connectivity index (χ4v) is 2.85. The van der Waals surface area contributed by atoms with Gasteiger partial charge in [0.15, 0.2) is 0 Å². The van der Waals surface area contributed by atoms with Gasteiger partial charge < -0.3 is 14.7 Å². The normalized spacial score (nSPS) is 25.1. The van der Waals surface area contributed by atoms with Crippen LogP contribution in [0.1, 0.15) is 28.8 Å². The Morgan fingerprint density at radius 3 is 2.63 bits per heavy atom. The maximum absolute atomic E-state index is 10.9. The van der Waals surface area contributed by atoms with Crippen LogP contribution in [0, 0.1) is 11.3 Å². The molecule has 0 amide bonds. The smallest absolute Gasteiger partial charge is 0.335 e. The molecule has 3 rings (SSSR count). The number of carboxylic acids is 1. The SMILES string of the molecule is N#Cc1cc(C(=O)O)ccc1N1CC2CCC(C1)O2. The van der Waals surface area contributed by atoms with Gasteiger partial charge in [-0.15, -0.1) is 0 Å². The molecule has 0 radical (unpaired) electrons. The van der Waals surface area contributed by atoms with Crippen molar-refractivity contribution in [2.45, 2.75) is 25.0 Å². The third-order valence-corrected chi connectivity index (χ3v) is 3.75. The summed E-state index contributed by atoms with van der Waals surface area (Å²) in [5.74, 6) is -1.01. The minimum atomic E-state index is -1.01. The molecule has 5 nitrogen and oxygen atoms in total. The number of anilines is 1. The quantitative estimate of drug-likeness (QED) is 0.872. The molecule has 1 aromatic rings. The molecular formula is C14H14N2O3. The first-order valence-corrected chi connectivity index (χ1v) is 6.35. The second kappa shape index (κ2) is 4.56. The van der Waals surface area contributed by atoms with Gasteiger partial charge in [-0.1, -0.05) is 0 Å². The van der Waals surface area contributed by atoms with Gasteiger partial charge in [0.25, 0.3) is 0 Å². The predicted octanol–water partition coefficient (Wildman–Crippen LogP) is 1.62. The maximum Gasteiger partial charge on any atom is 0.335 e. The van der Waals surface area contributed by atoms with E-state index in [1.54, 1.807) is 12.1 Å². The fourth-order valence-electron chi connectivity index (χ4n) is 2.85. The average molecular weight is 258 g/mol. The number of ether oxygens (including phenoxy) is 1. The van der Waals surface area contributed by atoms with Crippen LogP contribution in [0.15, 0.2) is 18.2 Å². The van der Waals surface area contributed by atoms with Crippen molar-refractivity contribution >= 4 is 11.7 Å². The van der Waals surface area contributed by atoms with Gasteiger partial charge in [-0.3, -0.25) is 0 Å². The Kier molecular flexibility index (Phi) is 2.88. The van der Waals surface area contributed by atoms with E-state index in [4.69, 9.17) is 9.84 Å². The first-order valence-electron chi connectivity index (χ1n) is 6.35. The molecule has 5 heteroatoms. The third-order valence-electron chi connectivity index (χ3n) is 3.75. The van der Waals surface area contributed by atoms with Crippen molar-refractivity contribution in [1.82, 2.24) is 0 Å². The number of fused-ring (bicyclic) bond motifs is 2. The van der Waals surface area contributed by atoms with E-state index in [1.165, 1.54) is 6.07 Å². The van der Waals surface area contributed by atoms with Crippen LogP contribution in [0.2, 0.25) is 0 Å². The Labute approximate surface area is 111 Å². The number of aromatic carboxylic acids is 1. The topological polar surface area (TPSA) is 73.6 Å². The fraction of sp³-hybridized carbons (Fsp3) is 0.429. The molecule has 2 bridgehead atoms. The van der Waals surface area contributed by atoms with Crippen molar-refractivity contribution in [2.75, 3.05) is 18.0 Å². The number of carboxylic acid groups (broad SMARTS) is 1. The summed E-state index contributed by atoms with van der Waals surface area (Å²) in [7, 11) is 0. The molecule has 0 spiro atoms. The maximum atomic E-state index is 10.9. The molecule has 1 N–H and O–H groups in total. The van der Waals surface area contributed by atoms with Gasteiger partial charge in [0.05, 0.1) is 29.0 Å². The van der Waals surface area contributed by atoms with Crippen molar-refractivity contribution in [2.24, 2.45) is 0 Å². The zero-order chi connectivity index (χ0) is 13.4. The van der Waals surface area contributed by atoms with Crippen LogP contribution >= 0.6 is 0 Å². The lowest BCUT2D eigenvalue weighted by molar-refractivity contribution is 0.0304. The van der Waals surface area contributed by atoms with Crippen molar-refractivity contribution in [3.8, 4) is 6.07 Å². The number of nitriles is 1. The lowest BCUT2D eigenvalue weighted by Gasteiger charge is -2.34. The average Bonchev–Trinajstić information content (AvgIpc) is 2.76. The van der Waals surface area contributed by atoms with Gasteiger partial charge in [0.2, 0.25) is 0 Å². The van der Waals surface area contributed by atoms with Crippen LogP contribution < -0.4 is 4.90 Å². The summed E-state index contributed by atoms with van der Waals surface area (Å²) in [6.07, 6.45) is 2.61. The van der Waals surface area contributed by atoms with E-state index in [0.717, 1.165) is 31.6 Å². The molecule has 2 heterocycles. The van der Waals surface area contributed by atoms with Crippen LogP contribution in [0.25, 0.3) is 0 Å². The molecule has 0 saturated carbocycles. The van der Waals surface area contributed by atoms with Crippen LogP contribution in [-0.4, -0.2) is 36.4 Å². The molecule has 2 aliphatic heterocycles. The lowest BCUT2D eigenvalue weighted by atomic mass is 10.1. The number of carbonyl (C=O) groups is 1. The number of hydrogen-bond donors (Lipinski definition) is 1. The van der Waals surface area contributed by atoms with E-state index in [-0.39, 0.29) is 17.8 Å². The zero-order valence-corrected chi connectivity index (χ0v) is 10.4. The largest absolute Gasteiger partial charge is 0.478 e. The van der Waals surface area contributed by atoms with Crippen LogP contribution in [0.3, 0.4) is 0 Å². The summed E-state index contributed by atoms with van der Waals surface area (Å²) in [4.78, 5) is 13.1. The first-order chi connectivity index (χ1) is 9.17. The van der Waals surface area contributed by atoms with Crippen molar-refractivity contribution in [3.05, 3.63) is 29.3 Å². The first kappa shape index (κ1) is 12.0. The lowest BCUT2D eigenvalue weighted by Crippen LogP contribution is -2.43. The highest BCUT2D eigenvalue weighted by Gasteiger charge is 2.34. The van der Waals surface area contributed by atoms with E-state index < -0.39 is 5.97 Å². The second-order valence-electron chi connectivity index (χ2n) is 5.01. The second-order valence-corrected chi connectivity index (χ2v) is 5.01. The van der Waals surface area contributed by atoms with E-state index in [0.29, 0.717) is 5.56 Å². The van der Waals surface area contributed by atoms with Crippen molar-refractivity contribution in [3.63, 3.8) is 0 Å². The number of rotatable bonds is 2. The minimum Gasteiger partial charge on any atom is -0.478 e. The van der Waals surface area contributed by atoms with E-state index >= 15 is 0 Å². The molecule has 19 heavy (non-hydrogen) atoms. The number of benzene rings is 1. The van der Waals surface area contributed by atoms with Gasteiger partial charge >= 0.3 is 5.97 Å². The monoisotopic (exact) mass is 258 g/mol. The Morgan fingerprint density at radius 1 is 1.37 bits per heavy atom. The molecule has 1 aromatic carbocycles. The summed E-state index contributed by atoms with van der Waals surface area (Å²) in [5.41, 5.74) is 1.38. The zero-order valence-electron chi connectivity index (χ0n) is 10.4. The Balaban J connectivity index is 1.92. The summed E-state index contributed by atoms with van der Waals surface area (Å²) < 4.78 is 5.77. The van der Waals surface area contributed by atoms with Gasteiger partial charge in [-0.05, 0) is 31.0 Å². The molecule has 2 fully saturated rings. The summed E-state index contributed by atoms with van der Waals surface area (Å²) in [6, 6.07) is 6.81. The highest BCUT2D eigenvalue weighted by molar-refractivity contribution is 5.89. The minimum absolute atomic E-state index is 0.150. The standard InChI is InChI=1S/C14H14N2O3/c15-6-10-5-9(14(17)18)1-4-13(10)16-7-11-2-3-12(8-16)19-11/h1,4-5,11-12H,2-3,7-8H2,(H,17,18). The van der Waals surface area contributed by atoms with Gasteiger partial charge in [-0.2, -0.15) is 5.26 Å². The number of hydrogen-bond acceptors (Lipinski definition) is 4. The number of nitrogens with zero attached hydrogens (tertiary/aromatic N) is 2. The van der Waals surface area contributed by atoms with E-state index in [1.807, 2.05) is 0 Å². The summed E-state index contributed by atoms with van der Waals surface area (Å²) in [6.45, 7) is 1.55. The van der Waals surface area contributed by atoms with Crippen LogP contribution in [0.5, 0.6) is 0 Å². The summed E-state index contributed by atoms with van der Waals surface area (Å²) >= 11 is 0. The number of morpholine rings is 1. The summed E-state index contributed by atoms with van der Waals surface area (Å²) in [5, 5.41) is 18.2. The van der Waals surface area contributed by atoms with Crippen molar-refractivity contribution in [1.29, 1.82) is 5.26 Å². The van der Waals surface area contributed by atoms with E-state index in [2.05, 4.69) is 11.0 Å². The van der Waals surface area contributed by atoms with Gasteiger partial charge in [-0.25, -0.2) is 4.79 Å². The molecule has 2 saturated heterocycles. The molecule has 98 valence electrons. The van der Waals surface area contributed by atoms with Crippen LogP contribution in [0.4, 0.5) is 5.69 Å². The predicted molar refractivity (Wildman–Crippen MR) is 68.2 cm³/mol. The Morgan fingerprint density at radius 2 is 2.05 bits per heavy atom. The Bertz CT molecular complexity index is 552. The van der Waals surface area contributed by atoms with E-state index in [9.17, 15) is 10.1 Å². The van der Waals surface area contributed by atoms with Crippen LogP contribution in [-0.2, 0) is 4.74 Å². The third kappa shape index (κ3) is 2.15.